The van der Waals surface area contributed by atoms with Crippen molar-refractivity contribution in [3.05, 3.63) is 57.6 Å². The number of hydrogen-bond acceptors (Lipinski definition) is 3. The van der Waals surface area contributed by atoms with Crippen LogP contribution in [-0.4, -0.2) is 25.2 Å². The Morgan fingerprint density at radius 1 is 1.27 bits per heavy atom. The Morgan fingerprint density at radius 2 is 2.04 bits per heavy atom. The number of amides is 1. The third-order valence-corrected chi connectivity index (χ3v) is 4.97. The Labute approximate surface area is 163 Å². The van der Waals surface area contributed by atoms with Crippen LogP contribution in [0.15, 0.2) is 36.4 Å². The molecule has 1 aliphatic rings. The Bertz CT molecular complexity index is 768. The zero-order valence-corrected chi connectivity index (χ0v) is 16.1. The van der Waals surface area contributed by atoms with E-state index >= 15 is 0 Å². The summed E-state index contributed by atoms with van der Waals surface area (Å²) in [5.41, 5.74) is 2.29. The summed E-state index contributed by atoms with van der Waals surface area (Å²) in [5, 5.41) is 3.85. The molecule has 1 atom stereocenters. The number of carbonyl (C=O) groups excluding carboxylic acids is 1. The molecule has 1 aliphatic heterocycles. The standard InChI is InChI=1S/C20H21Cl2NO3/c1-13-7-8-18(19(10-13)26-12-14-4-3-9-25-14)23-20(24)11-15-16(21)5-2-6-17(15)22/h2,5-8,10,14H,3-4,9,11-12H2,1H3,(H,23,24). The lowest BCUT2D eigenvalue weighted by atomic mass is 10.1. The first kappa shape index (κ1) is 19.0. The van der Waals surface area contributed by atoms with Crippen LogP contribution in [0.1, 0.15) is 24.0 Å². The normalized spacial score (nSPS) is 16.5. The maximum Gasteiger partial charge on any atom is 0.229 e. The van der Waals surface area contributed by atoms with Crippen LogP contribution in [0.4, 0.5) is 5.69 Å². The molecular formula is C20H21Cl2NO3. The van der Waals surface area contributed by atoms with E-state index in [1.54, 1.807) is 18.2 Å². The highest BCUT2D eigenvalue weighted by Crippen LogP contribution is 2.29. The smallest absolute Gasteiger partial charge is 0.229 e. The fraction of sp³-hybridized carbons (Fsp3) is 0.350. The number of hydrogen-bond donors (Lipinski definition) is 1. The monoisotopic (exact) mass is 393 g/mol. The Balaban J connectivity index is 1.69. The van der Waals surface area contributed by atoms with E-state index < -0.39 is 0 Å². The van der Waals surface area contributed by atoms with Gasteiger partial charge in [0, 0.05) is 16.7 Å². The number of anilines is 1. The van der Waals surface area contributed by atoms with Crippen molar-refractivity contribution >= 4 is 34.8 Å². The minimum absolute atomic E-state index is 0.0948. The van der Waals surface area contributed by atoms with Crippen LogP contribution in [0.3, 0.4) is 0 Å². The van der Waals surface area contributed by atoms with Crippen molar-refractivity contribution in [3.63, 3.8) is 0 Å². The van der Waals surface area contributed by atoms with Crippen LogP contribution in [-0.2, 0) is 16.0 Å². The highest BCUT2D eigenvalue weighted by atomic mass is 35.5. The average Bonchev–Trinajstić information content (AvgIpc) is 3.12. The van der Waals surface area contributed by atoms with Crippen molar-refractivity contribution in [2.75, 3.05) is 18.5 Å². The van der Waals surface area contributed by atoms with E-state index in [1.165, 1.54) is 0 Å². The summed E-state index contributed by atoms with van der Waals surface area (Å²) in [6.45, 7) is 3.24. The third-order valence-electron chi connectivity index (χ3n) is 4.26. The molecule has 2 aromatic rings. The van der Waals surface area contributed by atoms with Gasteiger partial charge in [-0.05, 0) is 55.2 Å². The molecule has 1 N–H and O–H groups in total. The van der Waals surface area contributed by atoms with E-state index in [0.29, 0.717) is 33.7 Å². The zero-order valence-electron chi connectivity index (χ0n) is 14.6. The lowest BCUT2D eigenvalue weighted by molar-refractivity contribution is -0.115. The highest BCUT2D eigenvalue weighted by Gasteiger charge is 2.18. The van der Waals surface area contributed by atoms with Crippen LogP contribution in [0.5, 0.6) is 5.75 Å². The largest absolute Gasteiger partial charge is 0.489 e. The fourth-order valence-electron chi connectivity index (χ4n) is 2.87. The van der Waals surface area contributed by atoms with E-state index in [-0.39, 0.29) is 18.4 Å². The summed E-state index contributed by atoms with van der Waals surface area (Å²) in [4.78, 5) is 12.5. The van der Waals surface area contributed by atoms with Gasteiger partial charge in [0.2, 0.25) is 5.91 Å². The predicted molar refractivity (Wildman–Crippen MR) is 104 cm³/mol. The maximum absolute atomic E-state index is 12.5. The summed E-state index contributed by atoms with van der Waals surface area (Å²) in [6, 6.07) is 10.9. The zero-order chi connectivity index (χ0) is 18.5. The highest BCUT2D eigenvalue weighted by molar-refractivity contribution is 6.36. The molecule has 1 saturated heterocycles. The Kier molecular flexibility index (Phi) is 6.41. The summed E-state index contributed by atoms with van der Waals surface area (Å²) in [6.07, 6.45) is 2.26. The van der Waals surface area contributed by atoms with E-state index in [1.807, 2.05) is 25.1 Å². The Morgan fingerprint density at radius 3 is 2.73 bits per heavy atom. The van der Waals surface area contributed by atoms with Gasteiger partial charge in [0.25, 0.3) is 0 Å². The first-order valence-electron chi connectivity index (χ1n) is 8.60. The van der Waals surface area contributed by atoms with Crippen LogP contribution >= 0.6 is 23.2 Å². The van der Waals surface area contributed by atoms with E-state index in [2.05, 4.69) is 5.32 Å². The molecule has 1 fully saturated rings. The second kappa shape index (κ2) is 8.76. The van der Waals surface area contributed by atoms with Gasteiger partial charge < -0.3 is 14.8 Å². The average molecular weight is 394 g/mol. The van der Waals surface area contributed by atoms with Gasteiger partial charge in [0.1, 0.15) is 12.4 Å². The van der Waals surface area contributed by atoms with Crippen LogP contribution in [0.2, 0.25) is 10.0 Å². The number of aryl methyl sites for hydroxylation is 1. The third kappa shape index (κ3) is 4.91. The van der Waals surface area contributed by atoms with Gasteiger partial charge in [-0.25, -0.2) is 0 Å². The van der Waals surface area contributed by atoms with Crippen molar-refractivity contribution in [1.82, 2.24) is 0 Å². The second-order valence-electron chi connectivity index (χ2n) is 6.37. The molecule has 1 heterocycles. The van der Waals surface area contributed by atoms with Crippen molar-refractivity contribution in [2.24, 2.45) is 0 Å². The second-order valence-corrected chi connectivity index (χ2v) is 7.19. The molecule has 0 aliphatic carbocycles. The van der Waals surface area contributed by atoms with Crippen LogP contribution in [0, 0.1) is 6.92 Å². The first-order chi connectivity index (χ1) is 12.5. The molecule has 0 aromatic heterocycles. The summed E-state index contributed by atoms with van der Waals surface area (Å²) in [7, 11) is 0. The van der Waals surface area contributed by atoms with E-state index in [4.69, 9.17) is 32.7 Å². The number of ether oxygens (including phenoxy) is 2. The van der Waals surface area contributed by atoms with Gasteiger partial charge in [-0.2, -0.15) is 0 Å². The van der Waals surface area contributed by atoms with Crippen molar-refractivity contribution in [1.29, 1.82) is 0 Å². The predicted octanol–water partition coefficient (Wildman–Crippen LogP) is 5.04. The molecule has 3 rings (SSSR count). The maximum atomic E-state index is 12.5. The van der Waals surface area contributed by atoms with Gasteiger partial charge in [-0.1, -0.05) is 35.3 Å². The van der Waals surface area contributed by atoms with Crippen molar-refractivity contribution in [2.45, 2.75) is 32.3 Å². The SMILES string of the molecule is Cc1ccc(NC(=O)Cc2c(Cl)cccc2Cl)c(OCC2CCCO2)c1. The summed E-state index contributed by atoms with van der Waals surface area (Å²) >= 11 is 12.3. The van der Waals surface area contributed by atoms with Gasteiger partial charge in [0.15, 0.2) is 0 Å². The number of halogens is 2. The molecule has 6 heteroatoms. The van der Waals surface area contributed by atoms with Gasteiger partial charge in [-0.15, -0.1) is 0 Å². The van der Waals surface area contributed by atoms with Crippen LogP contribution in [0.25, 0.3) is 0 Å². The molecule has 26 heavy (non-hydrogen) atoms. The summed E-state index contributed by atoms with van der Waals surface area (Å²) < 4.78 is 11.5. The molecule has 0 radical (unpaired) electrons. The van der Waals surface area contributed by atoms with E-state index in [9.17, 15) is 4.79 Å². The lowest BCUT2D eigenvalue weighted by Crippen LogP contribution is -2.19. The number of rotatable bonds is 6. The molecule has 0 bridgehead atoms. The number of nitrogens with one attached hydrogen (secondary N) is 1. The molecule has 138 valence electrons. The van der Waals surface area contributed by atoms with Gasteiger partial charge in [-0.3, -0.25) is 4.79 Å². The molecule has 1 unspecified atom stereocenters. The lowest BCUT2D eigenvalue weighted by Gasteiger charge is -2.16. The molecule has 0 saturated carbocycles. The molecule has 2 aromatic carbocycles. The topological polar surface area (TPSA) is 47.6 Å². The molecule has 0 spiro atoms. The molecule has 1 amide bonds. The van der Waals surface area contributed by atoms with Crippen LogP contribution < -0.4 is 10.1 Å². The number of carbonyl (C=O) groups is 1. The van der Waals surface area contributed by atoms with Crippen molar-refractivity contribution in [3.8, 4) is 5.75 Å². The Hall–Kier alpha value is -1.75. The van der Waals surface area contributed by atoms with Gasteiger partial charge >= 0.3 is 0 Å². The van der Waals surface area contributed by atoms with Crippen molar-refractivity contribution < 1.29 is 14.3 Å². The molecular weight excluding hydrogens is 373 g/mol. The summed E-state index contributed by atoms with van der Waals surface area (Å²) in [5.74, 6) is 0.435. The number of benzene rings is 2. The first-order valence-corrected chi connectivity index (χ1v) is 9.36. The minimum atomic E-state index is -0.203. The fourth-order valence-corrected chi connectivity index (χ4v) is 3.40. The van der Waals surface area contributed by atoms with E-state index in [0.717, 1.165) is 25.0 Å². The quantitative estimate of drug-likeness (QED) is 0.747. The molecule has 4 nitrogen and oxygen atoms in total. The minimum Gasteiger partial charge on any atom is -0.489 e. The van der Waals surface area contributed by atoms with Gasteiger partial charge in [0.05, 0.1) is 18.2 Å².